The highest BCUT2D eigenvalue weighted by Gasteiger charge is 2.06. The van der Waals surface area contributed by atoms with Gasteiger partial charge in [0.1, 0.15) is 5.01 Å². The Balaban J connectivity index is 2.16. The molecule has 7 heteroatoms. The molecule has 2 heterocycles. The summed E-state index contributed by atoms with van der Waals surface area (Å²) in [6, 6.07) is 0. The number of nitrogens with zero attached hydrogens (tertiary/aromatic N) is 2. The Morgan fingerprint density at radius 3 is 3.07 bits per heavy atom. The molecule has 0 aliphatic rings. The van der Waals surface area contributed by atoms with Crippen molar-refractivity contribution < 1.29 is 0 Å². The Morgan fingerprint density at radius 2 is 2.40 bits per heavy atom. The normalized spacial score (nSPS) is 10.7. The fourth-order valence-electron chi connectivity index (χ4n) is 1.06. The maximum atomic E-state index is 4.89. The second kappa shape index (κ2) is 4.91. The number of rotatable bonds is 4. The van der Waals surface area contributed by atoms with Crippen molar-refractivity contribution in [3.05, 3.63) is 16.0 Å². The molecule has 0 unspecified atom stereocenters. The number of nitrogens with one attached hydrogen (secondary N) is 2. The van der Waals surface area contributed by atoms with Gasteiger partial charge in [-0.05, 0) is 18.0 Å². The maximum Gasteiger partial charge on any atom is 0.213 e. The zero-order valence-electron chi connectivity index (χ0n) is 8.11. The topological polar surface area (TPSA) is 57.4 Å². The lowest BCUT2D eigenvalue weighted by Crippen LogP contribution is -1.76. The first-order valence-electron chi connectivity index (χ1n) is 4.47. The molecule has 0 saturated carbocycles. The highest BCUT2D eigenvalue weighted by Crippen LogP contribution is 2.24. The van der Waals surface area contributed by atoms with Crippen LogP contribution in [0.1, 0.15) is 11.9 Å². The Kier molecular flexibility index (Phi) is 3.55. The van der Waals surface area contributed by atoms with Gasteiger partial charge in [-0.25, -0.2) is 4.98 Å². The Bertz CT molecular complexity index is 484. The minimum Gasteiger partial charge on any atom is -0.281 e. The predicted molar refractivity (Wildman–Crippen MR) is 66.7 cm³/mol. The van der Waals surface area contributed by atoms with Crippen LogP contribution >= 0.6 is 35.3 Å². The van der Waals surface area contributed by atoms with E-state index in [1.54, 1.807) is 11.3 Å². The largest absolute Gasteiger partial charge is 0.281 e. The van der Waals surface area contributed by atoms with E-state index in [2.05, 4.69) is 27.1 Å². The van der Waals surface area contributed by atoms with Crippen LogP contribution in [-0.2, 0) is 5.75 Å². The summed E-state index contributed by atoms with van der Waals surface area (Å²) in [6.07, 6.45) is 1.83. The minimum atomic E-state index is 0.475. The molecule has 4 nitrogen and oxygen atoms in total. The summed E-state index contributed by atoms with van der Waals surface area (Å²) in [5, 5.41) is 6.81. The molecule has 2 rings (SSSR count). The smallest absolute Gasteiger partial charge is 0.213 e. The van der Waals surface area contributed by atoms with Gasteiger partial charge in [-0.2, -0.15) is 16.7 Å². The van der Waals surface area contributed by atoms with Crippen LogP contribution in [-0.4, -0.2) is 25.9 Å². The molecule has 0 bridgehead atoms. The highest BCUT2D eigenvalue weighted by atomic mass is 32.2. The third kappa shape index (κ3) is 2.67. The summed E-state index contributed by atoms with van der Waals surface area (Å²) in [7, 11) is 0. The van der Waals surface area contributed by atoms with Crippen LogP contribution in [0.2, 0.25) is 0 Å². The summed E-state index contributed by atoms with van der Waals surface area (Å²) in [5.74, 6) is 2.84. The number of thioether (sulfide) groups is 1. The molecule has 2 aromatic rings. The van der Waals surface area contributed by atoms with Gasteiger partial charge in [-0.1, -0.05) is 6.92 Å². The van der Waals surface area contributed by atoms with Gasteiger partial charge in [-0.15, -0.1) is 11.3 Å². The van der Waals surface area contributed by atoms with E-state index in [0.717, 1.165) is 27.2 Å². The molecule has 0 spiro atoms. The molecule has 0 aliphatic carbocycles. The average molecular weight is 258 g/mol. The van der Waals surface area contributed by atoms with E-state index >= 15 is 0 Å². The zero-order chi connectivity index (χ0) is 10.7. The van der Waals surface area contributed by atoms with Crippen LogP contribution in [0.15, 0.2) is 6.20 Å². The lowest BCUT2D eigenvalue weighted by atomic mass is 10.5. The molecular weight excluding hydrogens is 248 g/mol. The summed E-state index contributed by atoms with van der Waals surface area (Å²) in [6.45, 7) is 2.14. The fraction of sp³-hybridized carbons (Fsp3) is 0.375. The second-order valence-electron chi connectivity index (χ2n) is 2.77. The summed E-state index contributed by atoms with van der Waals surface area (Å²) in [5.41, 5.74) is 0. The quantitative estimate of drug-likeness (QED) is 0.828. The summed E-state index contributed by atoms with van der Waals surface area (Å²) < 4.78 is 0.475. The van der Waals surface area contributed by atoms with Crippen molar-refractivity contribution in [3.63, 3.8) is 0 Å². The first-order valence-corrected chi connectivity index (χ1v) is 6.85. The second-order valence-corrected chi connectivity index (χ2v) is 5.55. The van der Waals surface area contributed by atoms with Gasteiger partial charge in [0.2, 0.25) is 4.77 Å². The molecule has 0 saturated heterocycles. The SMILES string of the molecule is CCSCc1ncc(-c2nc(=S)[nH][nH]2)s1. The van der Waals surface area contributed by atoms with E-state index in [-0.39, 0.29) is 0 Å². The standard InChI is InChI=1S/C8H10N4S3/c1-2-14-4-6-9-3-5(15-6)7-10-8(13)12-11-7/h3H,2,4H2,1H3,(H2,10,11,12,13). The monoisotopic (exact) mass is 258 g/mol. The molecule has 0 aliphatic heterocycles. The van der Waals surface area contributed by atoms with Crippen LogP contribution < -0.4 is 0 Å². The number of aromatic amines is 2. The van der Waals surface area contributed by atoms with Crippen LogP contribution in [0.5, 0.6) is 0 Å². The highest BCUT2D eigenvalue weighted by molar-refractivity contribution is 7.98. The Hall–Kier alpha value is -0.660. The number of hydrogen-bond donors (Lipinski definition) is 2. The lowest BCUT2D eigenvalue weighted by Gasteiger charge is -1.90. The van der Waals surface area contributed by atoms with Crippen LogP contribution in [0.4, 0.5) is 0 Å². The van der Waals surface area contributed by atoms with Gasteiger partial charge in [0.05, 0.1) is 4.88 Å². The Labute approximate surface area is 101 Å². The molecule has 2 aromatic heterocycles. The van der Waals surface area contributed by atoms with Gasteiger partial charge in [0.25, 0.3) is 0 Å². The van der Waals surface area contributed by atoms with Gasteiger partial charge in [-0.3, -0.25) is 10.2 Å². The summed E-state index contributed by atoms with van der Waals surface area (Å²) >= 11 is 8.40. The van der Waals surface area contributed by atoms with E-state index in [9.17, 15) is 0 Å². The molecule has 0 amide bonds. The van der Waals surface area contributed by atoms with E-state index < -0.39 is 0 Å². The number of thiazole rings is 1. The van der Waals surface area contributed by atoms with Gasteiger partial charge >= 0.3 is 0 Å². The molecule has 2 N–H and O–H groups in total. The molecular formula is C8H10N4S3. The van der Waals surface area contributed by atoms with Crippen LogP contribution in [0.3, 0.4) is 0 Å². The molecule has 0 atom stereocenters. The molecule has 80 valence electrons. The van der Waals surface area contributed by atoms with Gasteiger partial charge in [0.15, 0.2) is 5.82 Å². The first kappa shape index (κ1) is 10.8. The molecule has 0 aromatic carbocycles. The third-order valence-electron chi connectivity index (χ3n) is 1.72. The molecule has 0 fully saturated rings. The average Bonchev–Trinajstić information content (AvgIpc) is 2.83. The first-order chi connectivity index (χ1) is 7.29. The lowest BCUT2D eigenvalue weighted by molar-refractivity contribution is 1.08. The van der Waals surface area contributed by atoms with Crippen molar-refractivity contribution in [2.24, 2.45) is 0 Å². The fourth-order valence-corrected chi connectivity index (χ4v) is 2.80. The van der Waals surface area contributed by atoms with Crippen molar-refractivity contribution in [2.75, 3.05) is 5.75 Å². The Morgan fingerprint density at radius 1 is 1.53 bits per heavy atom. The number of hydrogen-bond acceptors (Lipinski definition) is 5. The zero-order valence-corrected chi connectivity index (χ0v) is 10.6. The van der Waals surface area contributed by atoms with Gasteiger partial charge < -0.3 is 0 Å². The van der Waals surface area contributed by atoms with Crippen molar-refractivity contribution in [1.82, 2.24) is 20.2 Å². The van der Waals surface area contributed by atoms with Crippen molar-refractivity contribution in [2.45, 2.75) is 12.7 Å². The van der Waals surface area contributed by atoms with Gasteiger partial charge in [0, 0.05) is 11.9 Å². The van der Waals surface area contributed by atoms with E-state index in [0.29, 0.717) is 4.77 Å². The predicted octanol–water partition coefficient (Wildman–Crippen LogP) is 2.84. The van der Waals surface area contributed by atoms with Crippen molar-refractivity contribution >= 4 is 35.3 Å². The van der Waals surface area contributed by atoms with E-state index in [4.69, 9.17) is 12.2 Å². The minimum absolute atomic E-state index is 0.475. The van der Waals surface area contributed by atoms with Crippen LogP contribution in [0, 0.1) is 4.77 Å². The van der Waals surface area contributed by atoms with E-state index in [1.165, 1.54) is 0 Å². The molecule has 15 heavy (non-hydrogen) atoms. The number of aromatic nitrogens is 4. The third-order valence-corrected chi connectivity index (χ3v) is 3.98. The molecule has 0 radical (unpaired) electrons. The van der Waals surface area contributed by atoms with Crippen molar-refractivity contribution in [1.29, 1.82) is 0 Å². The summed E-state index contributed by atoms with van der Waals surface area (Å²) in [4.78, 5) is 9.49. The van der Waals surface area contributed by atoms with E-state index in [1.807, 2.05) is 18.0 Å². The number of H-pyrrole nitrogens is 2. The van der Waals surface area contributed by atoms with Crippen molar-refractivity contribution in [3.8, 4) is 10.7 Å². The van der Waals surface area contributed by atoms with Crippen LogP contribution in [0.25, 0.3) is 10.7 Å². The maximum absolute atomic E-state index is 4.89.